The summed E-state index contributed by atoms with van der Waals surface area (Å²) in [6, 6.07) is 99.4. The van der Waals surface area contributed by atoms with Gasteiger partial charge in [0.15, 0.2) is 0 Å². The highest BCUT2D eigenvalue weighted by atomic mass is 16.3. The van der Waals surface area contributed by atoms with Gasteiger partial charge < -0.3 is 10.2 Å². The Balaban J connectivity index is 1.21. The highest BCUT2D eigenvalue weighted by Gasteiger charge is 2.32. The van der Waals surface area contributed by atoms with Crippen LogP contribution >= 0.6 is 0 Å². The lowest BCUT2D eigenvalue weighted by Gasteiger charge is -2.29. The third-order valence-corrected chi connectivity index (χ3v) is 15.1. The molecule has 0 unspecified atom stereocenters. The second kappa shape index (κ2) is 21.7. The number of aromatic nitrogens is 2. The maximum Gasteiger partial charge on any atom is 0.115 e. The average Bonchev–Trinajstić information content (AvgIpc) is 3.65. The predicted octanol–water partition coefficient (Wildman–Crippen LogP) is 19.9. The third kappa shape index (κ3) is 9.21. The lowest BCUT2D eigenvalue weighted by Crippen LogP contribution is -2.03. The molecule has 1 heterocycles. The fourth-order valence-electron chi connectivity index (χ4n) is 11.7. The topological polar surface area (TPSA) is 66.2 Å². The second-order valence-corrected chi connectivity index (χ2v) is 19.9. The number of hydrogen-bond donors (Lipinski definition) is 2. The van der Waals surface area contributed by atoms with Crippen molar-refractivity contribution in [2.45, 2.75) is 0 Å². The largest absolute Gasteiger partial charge is 0.508 e. The van der Waals surface area contributed by atoms with E-state index in [9.17, 15) is 10.2 Å². The van der Waals surface area contributed by atoms with Gasteiger partial charge in [0.1, 0.15) is 17.8 Å². The summed E-state index contributed by atoms with van der Waals surface area (Å²) in [5.41, 5.74) is 24.9. The van der Waals surface area contributed by atoms with E-state index in [2.05, 4.69) is 237 Å². The molecule has 378 valence electrons. The Labute approximate surface area is 466 Å². The summed E-state index contributed by atoms with van der Waals surface area (Å²) in [4.78, 5) is 9.42. The van der Waals surface area contributed by atoms with Crippen LogP contribution in [-0.4, -0.2) is 20.2 Å². The van der Waals surface area contributed by atoms with Gasteiger partial charge in [-0.25, -0.2) is 9.97 Å². The molecule has 4 nitrogen and oxygen atoms in total. The normalized spacial score (nSPS) is 11.1. The molecule has 80 heavy (non-hydrogen) atoms. The molecule has 1 aromatic heterocycles. The fourth-order valence-corrected chi connectivity index (χ4v) is 11.7. The monoisotopic (exact) mass is 1020 g/mol. The number of benzene rings is 12. The van der Waals surface area contributed by atoms with Gasteiger partial charge in [-0.3, -0.25) is 0 Å². The first-order chi connectivity index (χ1) is 39.6. The van der Waals surface area contributed by atoms with Crippen molar-refractivity contribution >= 4 is 0 Å². The van der Waals surface area contributed by atoms with Gasteiger partial charge in [0.2, 0.25) is 0 Å². The lowest BCUT2D eigenvalue weighted by atomic mass is 9.73. The number of rotatable bonds is 12. The van der Waals surface area contributed by atoms with E-state index in [1.807, 2.05) is 36.7 Å². The third-order valence-electron chi connectivity index (χ3n) is 15.1. The predicted molar refractivity (Wildman–Crippen MR) is 331 cm³/mol. The summed E-state index contributed by atoms with van der Waals surface area (Å²) in [5.74, 6) is 0.375. The summed E-state index contributed by atoms with van der Waals surface area (Å²) in [6.45, 7) is 0. The Morgan fingerprint density at radius 1 is 0.163 bits per heavy atom. The molecule has 0 aliphatic heterocycles. The first kappa shape index (κ1) is 48.9. The van der Waals surface area contributed by atoms with E-state index < -0.39 is 0 Å². The highest BCUT2D eigenvalue weighted by molar-refractivity contribution is 6.17. The van der Waals surface area contributed by atoms with Crippen molar-refractivity contribution in [2.24, 2.45) is 0 Å². The Kier molecular flexibility index (Phi) is 13.3. The van der Waals surface area contributed by atoms with E-state index in [0.717, 1.165) is 134 Å². The zero-order valence-corrected chi connectivity index (χ0v) is 43.7. The van der Waals surface area contributed by atoms with Gasteiger partial charge in [0.05, 0.1) is 0 Å². The van der Waals surface area contributed by atoms with E-state index in [0.29, 0.717) is 0 Å². The molecule has 4 heteroatoms. The van der Waals surface area contributed by atoms with Crippen LogP contribution < -0.4 is 0 Å². The molecule has 0 fully saturated rings. The second-order valence-electron chi connectivity index (χ2n) is 19.9. The molecular weight excluding hydrogens is 973 g/mol. The molecule has 0 radical (unpaired) electrons. The summed E-state index contributed by atoms with van der Waals surface area (Å²) < 4.78 is 0. The number of hydrogen-bond acceptors (Lipinski definition) is 4. The van der Waals surface area contributed by atoms with Gasteiger partial charge >= 0.3 is 0 Å². The van der Waals surface area contributed by atoms with Crippen LogP contribution in [0.4, 0.5) is 0 Å². The van der Waals surface area contributed by atoms with Gasteiger partial charge in [0, 0.05) is 23.5 Å². The summed E-state index contributed by atoms with van der Waals surface area (Å²) in [7, 11) is 0. The first-order valence-electron chi connectivity index (χ1n) is 26.9. The summed E-state index contributed by atoms with van der Waals surface area (Å²) >= 11 is 0. The van der Waals surface area contributed by atoms with Crippen molar-refractivity contribution in [3.63, 3.8) is 0 Å². The molecule has 0 atom stereocenters. The van der Waals surface area contributed by atoms with Crippen molar-refractivity contribution < 1.29 is 10.2 Å². The summed E-state index contributed by atoms with van der Waals surface area (Å²) in [5, 5.41) is 21.8. The molecule has 13 aromatic rings. The van der Waals surface area contributed by atoms with Crippen LogP contribution in [0.5, 0.6) is 11.5 Å². The molecule has 0 aliphatic rings. The van der Waals surface area contributed by atoms with Crippen LogP contribution in [0.2, 0.25) is 0 Å². The molecule has 0 spiro atoms. The zero-order chi connectivity index (χ0) is 53.8. The zero-order valence-electron chi connectivity index (χ0n) is 43.7. The minimum atomic E-state index is 0.185. The van der Waals surface area contributed by atoms with Gasteiger partial charge in [-0.1, -0.05) is 261 Å². The molecule has 0 bridgehead atoms. The maximum atomic E-state index is 10.9. The van der Waals surface area contributed by atoms with Crippen LogP contribution in [-0.2, 0) is 0 Å². The Morgan fingerprint density at radius 3 is 0.500 bits per heavy atom. The van der Waals surface area contributed by atoms with E-state index in [1.54, 1.807) is 30.6 Å². The van der Waals surface area contributed by atoms with Crippen molar-refractivity contribution in [2.75, 3.05) is 0 Å². The van der Waals surface area contributed by atoms with Gasteiger partial charge in [0.25, 0.3) is 0 Å². The van der Waals surface area contributed by atoms with Gasteiger partial charge in [-0.2, -0.15) is 0 Å². The number of phenols is 2. The van der Waals surface area contributed by atoms with E-state index in [-0.39, 0.29) is 11.5 Å². The standard InChI is InChI=1S/C76H52N2O2/c79-63-44-40-60(41-45-63)73-67(53-26-12-3-13-27-53)68(54-28-14-4-15-29-54)74(61-42-46-64(80)47-43-61)72(70(73)56-32-18-6-19-33-56)58-36-38-59(39-37-58)75-69(55-30-16-5-17-31-55)65(51-22-8-1-9-23-51)66(52-24-10-2-11-25-52)71(57-34-20-7-21-35-57)76(75)62-48-77-50-78-49-62/h1-50,79-80H. The van der Waals surface area contributed by atoms with Crippen LogP contribution in [0.1, 0.15) is 0 Å². The Hall–Kier alpha value is -10.7. The van der Waals surface area contributed by atoms with E-state index >= 15 is 0 Å². The molecular formula is C76H52N2O2. The Morgan fingerprint density at radius 2 is 0.312 bits per heavy atom. The van der Waals surface area contributed by atoms with Crippen LogP contribution in [0.15, 0.2) is 304 Å². The van der Waals surface area contributed by atoms with Crippen molar-refractivity contribution in [1.29, 1.82) is 0 Å². The lowest BCUT2D eigenvalue weighted by molar-refractivity contribution is 0.475. The number of aromatic hydroxyl groups is 2. The van der Waals surface area contributed by atoms with Crippen LogP contribution in [0, 0.1) is 0 Å². The Bertz CT molecular complexity index is 4150. The SMILES string of the molecule is Oc1ccc(-c2c(-c3ccccc3)c(-c3ccccc3)c(-c3ccc(O)cc3)c(-c3ccc(-c4c(-c5ccccc5)c(-c5ccccc5)c(-c5ccccc5)c(-c5ccccc5)c4-c4cncnc4)cc3)c2-c2ccccc2)cc1. The van der Waals surface area contributed by atoms with E-state index in [4.69, 9.17) is 9.97 Å². The minimum Gasteiger partial charge on any atom is -0.508 e. The van der Waals surface area contributed by atoms with Crippen LogP contribution in [0.25, 0.3) is 134 Å². The summed E-state index contributed by atoms with van der Waals surface area (Å²) in [6.07, 6.45) is 5.49. The van der Waals surface area contributed by atoms with Crippen molar-refractivity contribution in [3.05, 3.63) is 304 Å². The average molecular weight is 1030 g/mol. The fraction of sp³-hybridized carbons (Fsp3) is 0. The number of nitrogens with zero attached hydrogens (tertiary/aromatic N) is 2. The first-order valence-corrected chi connectivity index (χ1v) is 26.9. The quantitative estimate of drug-likeness (QED) is 0.128. The van der Waals surface area contributed by atoms with Gasteiger partial charge in [-0.05, 0) is 147 Å². The molecule has 2 N–H and O–H groups in total. The maximum absolute atomic E-state index is 10.9. The number of phenolic OH excluding ortho intramolecular Hbond substituents is 2. The molecule has 0 saturated heterocycles. The smallest absolute Gasteiger partial charge is 0.115 e. The molecule has 0 saturated carbocycles. The highest BCUT2D eigenvalue weighted by Crippen LogP contribution is 2.58. The molecule has 13 rings (SSSR count). The van der Waals surface area contributed by atoms with Crippen molar-refractivity contribution in [1.82, 2.24) is 9.97 Å². The molecule has 0 amide bonds. The van der Waals surface area contributed by atoms with Crippen molar-refractivity contribution in [3.8, 4) is 145 Å². The van der Waals surface area contributed by atoms with Crippen LogP contribution in [0.3, 0.4) is 0 Å². The minimum absolute atomic E-state index is 0.185. The molecule has 12 aromatic carbocycles. The van der Waals surface area contributed by atoms with Gasteiger partial charge in [-0.15, -0.1) is 0 Å². The molecule has 0 aliphatic carbocycles. The van der Waals surface area contributed by atoms with E-state index in [1.165, 1.54) is 0 Å².